The second-order valence-electron chi connectivity index (χ2n) is 5.65. The molecule has 3 aromatic rings. The van der Waals surface area contributed by atoms with Crippen LogP contribution in [-0.2, 0) is 6.54 Å². The summed E-state index contributed by atoms with van der Waals surface area (Å²) in [4.78, 5) is 7.70. The first-order chi connectivity index (χ1) is 14.3. The van der Waals surface area contributed by atoms with Crippen LogP contribution in [0.25, 0.3) is 0 Å². The molecule has 0 fully saturated rings. The van der Waals surface area contributed by atoms with Crippen LogP contribution in [0.4, 0.5) is 0 Å². The SMILES string of the molecule is Clc1cc(Cl)c(Oc2c(Cl)cc(Cl)cc2Cl)c(Cl)c1.OCCNCc1cncnc1. The molecule has 3 rings (SSSR count). The summed E-state index contributed by atoms with van der Waals surface area (Å²) in [5.74, 6) is 0.442. The lowest BCUT2D eigenvalue weighted by Crippen LogP contribution is -2.17. The van der Waals surface area contributed by atoms with Crippen molar-refractivity contribution >= 4 is 69.6 Å². The Labute approximate surface area is 203 Å². The van der Waals surface area contributed by atoms with Gasteiger partial charge in [-0.15, -0.1) is 0 Å². The fourth-order valence-electron chi connectivity index (χ4n) is 2.09. The predicted molar refractivity (Wildman–Crippen MR) is 124 cm³/mol. The van der Waals surface area contributed by atoms with Crippen LogP contribution in [0.1, 0.15) is 5.56 Å². The Morgan fingerprint density at radius 1 is 0.767 bits per heavy atom. The second-order valence-corrected chi connectivity index (χ2v) is 8.15. The highest BCUT2D eigenvalue weighted by atomic mass is 35.5. The topological polar surface area (TPSA) is 67.3 Å². The molecule has 0 aliphatic heterocycles. The summed E-state index contributed by atoms with van der Waals surface area (Å²) in [5, 5.41) is 13.3. The third-order valence-electron chi connectivity index (χ3n) is 3.36. The Bertz CT molecular complexity index is 874. The van der Waals surface area contributed by atoms with Crippen LogP contribution in [0.2, 0.25) is 30.1 Å². The van der Waals surface area contributed by atoms with Gasteiger partial charge in [0.1, 0.15) is 6.33 Å². The van der Waals surface area contributed by atoms with E-state index in [9.17, 15) is 0 Å². The molecule has 0 radical (unpaired) electrons. The minimum atomic E-state index is 0.160. The summed E-state index contributed by atoms with van der Waals surface area (Å²) in [7, 11) is 0. The predicted octanol–water partition coefficient (Wildman–Crippen LogP) is 6.96. The molecule has 0 aliphatic rings. The van der Waals surface area contributed by atoms with E-state index < -0.39 is 0 Å². The van der Waals surface area contributed by atoms with E-state index in [0.717, 1.165) is 5.56 Å². The lowest BCUT2D eigenvalue weighted by atomic mass is 10.3. The van der Waals surface area contributed by atoms with Crippen molar-refractivity contribution in [2.45, 2.75) is 6.54 Å². The first-order valence-corrected chi connectivity index (χ1v) is 10.6. The van der Waals surface area contributed by atoms with Crippen molar-refractivity contribution in [3.05, 3.63) is 78.7 Å². The lowest BCUT2D eigenvalue weighted by Gasteiger charge is -2.12. The van der Waals surface area contributed by atoms with E-state index in [2.05, 4.69) is 15.3 Å². The number of halogens is 6. The standard InChI is InChI=1S/C12H4Cl6O.C7H11N3O/c13-5-1-7(15)11(8(16)2-5)19-12-9(17)3-6(14)4-10(12)18;11-2-1-8-3-7-4-9-6-10-5-7/h1-4H;4-6,8,11H,1-3H2. The van der Waals surface area contributed by atoms with Gasteiger partial charge >= 0.3 is 0 Å². The number of aliphatic hydroxyl groups excluding tert-OH is 1. The van der Waals surface area contributed by atoms with Crippen molar-refractivity contribution in [3.63, 3.8) is 0 Å². The minimum absolute atomic E-state index is 0.160. The third-order valence-corrected chi connectivity index (χ3v) is 4.92. The number of aliphatic hydroxyl groups is 1. The summed E-state index contributed by atoms with van der Waals surface area (Å²) in [6, 6.07) is 6.01. The maximum absolute atomic E-state index is 8.45. The van der Waals surface area contributed by atoms with Gasteiger partial charge in [0, 0.05) is 41.1 Å². The van der Waals surface area contributed by atoms with E-state index in [1.54, 1.807) is 12.4 Å². The van der Waals surface area contributed by atoms with Gasteiger partial charge in [0.25, 0.3) is 0 Å². The zero-order valence-corrected chi connectivity index (χ0v) is 19.7. The van der Waals surface area contributed by atoms with Crippen LogP contribution in [0.5, 0.6) is 11.5 Å². The minimum Gasteiger partial charge on any atom is -0.451 e. The summed E-state index contributed by atoms with van der Waals surface area (Å²) in [5.41, 5.74) is 1.03. The smallest absolute Gasteiger partial charge is 0.164 e. The van der Waals surface area contributed by atoms with Gasteiger partial charge in [-0.05, 0) is 24.3 Å². The Morgan fingerprint density at radius 2 is 1.20 bits per heavy atom. The van der Waals surface area contributed by atoms with Gasteiger partial charge in [0.2, 0.25) is 0 Å². The second kappa shape index (κ2) is 12.7. The summed E-state index contributed by atoms with van der Waals surface area (Å²) in [6.45, 7) is 1.48. The first-order valence-electron chi connectivity index (χ1n) is 8.34. The molecule has 0 bridgehead atoms. The fourth-order valence-corrected chi connectivity index (χ4v) is 3.88. The molecule has 0 amide bonds. The maximum atomic E-state index is 8.45. The Balaban J connectivity index is 0.000000248. The van der Waals surface area contributed by atoms with E-state index in [-0.39, 0.29) is 38.2 Å². The van der Waals surface area contributed by atoms with Gasteiger partial charge in [-0.3, -0.25) is 0 Å². The molecule has 2 N–H and O–H groups in total. The number of benzene rings is 2. The van der Waals surface area contributed by atoms with Gasteiger partial charge in [-0.25, -0.2) is 9.97 Å². The zero-order valence-electron chi connectivity index (χ0n) is 15.2. The van der Waals surface area contributed by atoms with Crippen molar-refractivity contribution in [2.75, 3.05) is 13.2 Å². The van der Waals surface area contributed by atoms with Gasteiger partial charge < -0.3 is 15.2 Å². The van der Waals surface area contributed by atoms with Gasteiger partial charge in [0.05, 0.1) is 26.7 Å². The fraction of sp³-hybridized carbons (Fsp3) is 0.158. The van der Waals surface area contributed by atoms with Crippen molar-refractivity contribution in [3.8, 4) is 11.5 Å². The molecule has 5 nitrogen and oxygen atoms in total. The lowest BCUT2D eigenvalue weighted by molar-refractivity contribution is 0.292. The molecular formula is C19H15Cl6N3O2. The van der Waals surface area contributed by atoms with Gasteiger partial charge in [-0.1, -0.05) is 69.6 Å². The van der Waals surface area contributed by atoms with E-state index in [4.69, 9.17) is 79.4 Å². The highest BCUT2D eigenvalue weighted by Crippen LogP contribution is 2.44. The molecule has 160 valence electrons. The van der Waals surface area contributed by atoms with E-state index in [0.29, 0.717) is 23.1 Å². The van der Waals surface area contributed by atoms with Crippen LogP contribution >= 0.6 is 69.6 Å². The number of nitrogens with one attached hydrogen (secondary N) is 1. The largest absolute Gasteiger partial charge is 0.451 e. The Kier molecular flexibility index (Phi) is 10.7. The molecular weight excluding hydrogens is 515 g/mol. The van der Waals surface area contributed by atoms with Crippen molar-refractivity contribution < 1.29 is 9.84 Å². The third kappa shape index (κ3) is 7.91. The van der Waals surface area contributed by atoms with Crippen LogP contribution in [-0.4, -0.2) is 28.2 Å². The van der Waals surface area contributed by atoms with Crippen molar-refractivity contribution in [1.29, 1.82) is 0 Å². The number of rotatable bonds is 6. The highest BCUT2D eigenvalue weighted by molar-refractivity contribution is 6.41. The molecule has 0 saturated carbocycles. The Hall–Kier alpha value is -1.02. The highest BCUT2D eigenvalue weighted by Gasteiger charge is 2.15. The van der Waals surface area contributed by atoms with Crippen LogP contribution in [0.3, 0.4) is 0 Å². The average molecular weight is 530 g/mol. The number of nitrogens with zero attached hydrogens (tertiary/aromatic N) is 2. The van der Waals surface area contributed by atoms with Crippen LogP contribution in [0.15, 0.2) is 43.0 Å². The van der Waals surface area contributed by atoms with Gasteiger partial charge in [-0.2, -0.15) is 0 Å². The summed E-state index contributed by atoms with van der Waals surface area (Å²) < 4.78 is 5.57. The summed E-state index contributed by atoms with van der Waals surface area (Å²) >= 11 is 35.7. The summed E-state index contributed by atoms with van der Waals surface area (Å²) in [6.07, 6.45) is 4.99. The average Bonchev–Trinajstić information content (AvgIpc) is 2.68. The van der Waals surface area contributed by atoms with E-state index in [1.807, 2.05) is 0 Å². The number of aromatic nitrogens is 2. The monoisotopic (exact) mass is 527 g/mol. The molecule has 0 aliphatic carbocycles. The first kappa shape index (κ1) is 25.2. The van der Waals surface area contributed by atoms with Crippen LogP contribution in [0, 0.1) is 0 Å². The zero-order chi connectivity index (χ0) is 22.1. The molecule has 0 atom stereocenters. The van der Waals surface area contributed by atoms with E-state index >= 15 is 0 Å². The molecule has 0 spiro atoms. The van der Waals surface area contributed by atoms with Gasteiger partial charge in [0.15, 0.2) is 11.5 Å². The van der Waals surface area contributed by atoms with Crippen molar-refractivity contribution in [1.82, 2.24) is 15.3 Å². The number of hydrogen-bond acceptors (Lipinski definition) is 5. The Morgan fingerprint density at radius 3 is 1.60 bits per heavy atom. The number of ether oxygens (including phenoxy) is 1. The molecule has 2 aromatic carbocycles. The quantitative estimate of drug-likeness (QED) is 0.338. The molecule has 30 heavy (non-hydrogen) atoms. The number of hydrogen-bond donors (Lipinski definition) is 2. The maximum Gasteiger partial charge on any atom is 0.164 e. The molecule has 1 aromatic heterocycles. The molecule has 11 heteroatoms. The van der Waals surface area contributed by atoms with Crippen molar-refractivity contribution in [2.24, 2.45) is 0 Å². The van der Waals surface area contributed by atoms with Crippen LogP contribution < -0.4 is 10.1 Å². The normalized spacial score (nSPS) is 10.4. The molecule has 0 saturated heterocycles. The molecule has 1 heterocycles. The molecule has 0 unspecified atom stereocenters. The van der Waals surface area contributed by atoms with E-state index in [1.165, 1.54) is 30.6 Å².